The van der Waals surface area contributed by atoms with Crippen molar-refractivity contribution in [3.63, 3.8) is 0 Å². The fourth-order valence-corrected chi connectivity index (χ4v) is 6.00. The minimum atomic E-state index is -4.63. The molecule has 1 amide bonds. The molecule has 1 saturated heterocycles. The Labute approximate surface area is 231 Å². The van der Waals surface area contributed by atoms with Crippen molar-refractivity contribution < 1.29 is 36.1 Å². The lowest BCUT2D eigenvalue weighted by molar-refractivity contribution is -0.142. The summed E-state index contributed by atoms with van der Waals surface area (Å²) in [6.07, 6.45) is -3.17. The predicted octanol–water partition coefficient (Wildman–Crippen LogP) is 3.87. The van der Waals surface area contributed by atoms with Crippen LogP contribution >= 0.6 is 22.9 Å². The molecular formula is C23H22ClF4N5O4S2. The Morgan fingerprint density at radius 2 is 2.03 bits per heavy atom. The molecule has 1 fully saturated rings. The molecule has 0 spiro atoms. The van der Waals surface area contributed by atoms with E-state index in [9.17, 15) is 31.4 Å². The van der Waals surface area contributed by atoms with E-state index >= 15 is 0 Å². The van der Waals surface area contributed by atoms with Crippen LogP contribution in [0.25, 0.3) is 0 Å². The summed E-state index contributed by atoms with van der Waals surface area (Å²) < 4.78 is 71.5. The van der Waals surface area contributed by atoms with E-state index in [4.69, 9.17) is 16.3 Å². The van der Waals surface area contributed by atoms with Gasteiger partial charge in [0.05, 0.1) is 11.6 Å². The Morgan fingerprint density at radius 3 is 2.67 bits per heavy atom. The number of nitrogens with zero attached hydrogens (tertiary/aromatic N) is 5. The fraction of sp³-hybridized carbons (Fsp3) is 0.391. The molecule has 16 heteroatoms. The first kappa shape index (κ1) is 29.0. The summed E-state index contributed by atoms with van der Waals surface area (Å²) in [4.78, 5) is 32.8. The van der Waals surface area contributed by atoms with Crippen LogP contribution < -0.4 is 4.90 Å². The highest BCUT2D eigenvalue weighted by Crippen LogP contribution is 2.29. The van der Waals surface area contributed by atoms with Crippen LogP contribution in [0.3, 0.4) is 0 Å². The van der Waals surface area contributed by atoms with Crippen LogP contribution in [0.5, 0.6) is 0 Å². The van der Waals surface area contributed by atoms with Gasteiger partial charge in [-0.05, 0) is 25.1 Å². The number of alkyl halides is 3. The van der Waals surface area contributed by atoms with Gasteiger partial charge in [-0.1, -0.05) is 17.7 Å². The van der Waals surface area contributed by atoms with Crippen LogP contribution in [0.15, 0.2) is 29.6 Å². The minimum Gasteiger partial charge on any atom is -0.456 e. The van der Waals surface area contributed by atoms with Crippen molar-refractivity contribution in [1.82, 2.24) is 19.7 Å². The van der Waals surface area contributed by atoms with Gasteiger partial charge < -0.3 is 14.5 Å². The largest absolute Gasteiger partial charge is 0.456 e. The Hall–Kier alpha value is -3.04. The maximum Gasteiger partial charge on any atom is 0.435 e. The van der Waals surface area contributed by atoms with E-state index < -0.39 is 52.3 Å². The first-order chi connectivity index (χ1) is 18.3. The lowest BCUT2D eigenvalue weighted by Gasteiger charge is -2.40. The molecule has 0 bridgehead atoms. The van der Waals surface area contributed by atoms with E-state index in [-0.39, 0.29) is 48.2 Å². The Morgan fingerprint density at radius 1 is 1.28 bits per heavy atom. The highest BCUT2D eigenvalue weighted by atomic mass is 35.5. The van der Waals surface area contributed by atoms with Crippen molar-refractivity contribution in [2.24, 2.45) is 0 Å². The smallest absolute Gasteiger partial charge is 0.435 e. The van der Waals surface area contributed by atoms with Crippen LogP contribution in [0.1, 0.15) is 27.4 Å². The number of hydrogen-bond donors (Lipinski definition) is 0. The summed E-state index contributed by atoms with van der Waals surface area (Å²) in [6.45, 7) is 1.07. The quantitative estimate of drug-likeness (QED) is 0.297. The van der Waals surface area contributed by atoms with E-state index in [1.165, 1.54) is 41.7 Å². The molecule has 1 aliphatic heterocycles. The monoisotopic (exact) mass is 607 g/mol. The van der Waals surface area contributed by atoms with E-state index in [1.54, 1.807) is 4.90 Å². The van der Waals surface area contributed by atoms with Gasteiger partial charge in [0.15, 0.2) is 16.5 Å². The van der Waals surface area contributed by atoms with Crippen molar-refractivity contribution in [2.75, 3.05) is 30.8 Å². The molecular weight excluding hydrogens is 586 g/mol. The molecule has 3 heterocycles. The first-order valence-electron chi connectivity index (χ1n) is 11.4. The van der Waals surface area contributed by atoms with E-state index in [1.807, 2.05) is 0 Å². The van der Waals surface area contributed by atoms with Gasteiger partial charge in [-0.2, -0.15) is 18.3 Å². The van der Waals surface area contributed by atoms with Gasteiger partial charge in [0.2, 0.25) is 5.91 Å². The lowest BCUT2D eigenvalue weighted by Crippen LogP contribution is -2.57. The number of carbonyl (C=O) groups is 2. The van der Waals surface area contributed by atoms with Gasteiger partial charge in [0.1, 0.15) is 24.3 Å². The molecule has 1 aromatic carbocycles. The number of rotatable bonds is 7. The molecule has 210 valence electrons. The van der Waals surface area contributed by atoms with Gasteiger partial charge in [-0.15, -0.1) is 11.3 Å². The summed E-state index contributed by atoms with van der Waals surface area (Å²) >= 11 is 7.07. The van der Waals surface area contributed by atoms with Gasteiger partial charge >= 0.3 is 12.1 Å². The number of aryl methyl sites for hydroxylation is 1. The van der Waals surface area contributed by atoms with Crippen LogP contribution in [0.4, 0.5) is 22.7 Å². The summed E-state index contributed by atoms with van der Waals surface area (Å²) in [5, 5.41) is 4.75. The number of carbonyl (C=O) groups excluding carboxylic acids is 2. The number of anilines is 1. The van der Waals surface area contributed by atoms with Gasteiger partial charge in [-0.3, -0.25) is 13.7 Å². The maximum absolute atomic E-state index is 13.9. The molecule has 2 atom stereocenters. The second-order valence-electron chi connectivity index (χ2n) is 8.60. The first-order valence-corrected chi connectivity index (χ1v) is 14.3. The standard InChI is InChI=1S/C23H22ClF4N5O4S2/c1-13-8-18(23(26,27)28)30-33(13)9-19(34)31-6-7-32(20(10-31)39(2)36)22-29-17(12-38-22)21(35)37-11-14-15(24)4-3-5-16(14)25/h3-5,8,12,20H,6-7,9-11H2,1-2H3. The van der Waals surface area contributed by atoms with Gasteiger partial charge in [0, 0.05) is 46.8 Å². The summed E-state index contributed by atoms with van der Waals surface area (Å²) in [7, 11) is -1.46. The molecule has 4 rings (SSSR count). The van der Waals surface area contributed by atoms with Crippen LogP contribution in [-0.2, 0) is 39.7 Å². The second-order valence-corrected chi connectivity index (χ2v) is 11.4. The number of piperazine rings is 1. The highest BCUT2D eigenvalue weighted by Gasteiger charge is 2.36. The minimum absolute atomic E-state index is 0.0273. The zero-order valence-corrected chi connectivity index (χ0v) is 23.0. The van der Waals surface area contributed by atoms with Crippen LogP contribution in [-0.4, -0.2) is 67.0 Å². The molecule has 0 aliphatic carbocycles. The van der Waals surface area contributed by atoms with Crippen molar-refractivity contribution in [1.29, 1.82) is 0 Å². The van der Waals surface area contributed by atoms with E-state index in [0.29, 0.717) is 5.13 Å². The summed E-state index contributed by atoms with van der Waals surface area (Å²) in [5.41, 5.74) is -0.897. The van der Waals surface area contributed by atoms with Crippen molar-refractivity contribution >= 4 is 50.7 Å². The van der Waals surface area contributed by atoms with Crippen molar-refractivity contribution in [3.05, 3.63) is 63.1 Å². The third-order valence-electron chi connectivity index (χ3n) is 5.98. The van der Waals surface area contributed by atoms with Gasteiger partial charge in [-0.25, -0.2) is 14.2 Å². The lowest BCUT2D eigenvalue weighted by atomic mass is 10.2. The van der Waals surface area contributed by atoms with Gasteiger partial charge in [0.25, 0.3) is 0 Å². The number of halogens is 5. The number of amides is 1. The Bertz CT molecular complexity index is 1390. The maximum atomic E-state index is 13.9. The summed E-state index contributed by atoms with van der Waals surface area (Å²) in [5.74, 6) is -1.88. The average molecular weight is 608 g/mol. The zero-order valence-electron chi connectivity index (χ0n) is 20.6. The Balaban J connectivity index is 1.41. The van der Waals surface area contributed by atoms with Crippen LogP contribution in [0, 0.1) is 12.7 Å². The number of hydrogen-bond acceptors (Lipinski definition) is 8. The number of thiazole rings is 1. The normalized spacial score (nSPS) is 16.8. The third kappa shape index (κ3) is 6.58. The van der Waals surface area contributed by atoms with E-state index in [2.05, 4.69) is 10.1 Å². The fourth-order valence-electron chi connectivity index (χ4n) is 3.89. The molecule has 0 N–H and O–H groups in total. The van der Waals surface area contributed by atoms with Crippen LogP contribution in [0.2, 0.25) is 5.02 Å². The predicted molar refractivity (Wildman–Crippen MR) is 136 cm³/mol. The summed E-state index contributed by atoms with van der Waals surface area (Å²) in [6, 6.07) is 4.96. The molecule has 2 unspecified atom stereocenters. The molecule has 1 aliphatic rings. The third-order valence-corrected chi connectivity index (χ3v) is 8.39. The highest BCUT2D eigenvalue weighted by molar-refractivity contribution is 7.85. The molecule has 9 nitrogen and oxygen atoms in total. The zero-order chi connectivity index (χ0) is 28.5. The average Bonchev–Trinajstić information content (AvgIpc) is 3.50. The Kier molecular flexibility index (Phi) is 8.61. The van der Waals surface area contributed by atoms with E-state index in [0.717, 1.165) is 22.1 Å². The van der Waals surface area contributed by atoms with Crippen molar-refractivity contribution in [2.45, 2.75) is 31.6 Å². The number of aromatic nitrogens is 3. The molecule has 3 aromatic rings. The second kappa shape index (κ2) is 11.6. The molecule has 39 heavy (non-hydrogen) atoms. The number of benzene rings is 1. The molecule has 0 radical (unpaired) electrons. The molecule has 2 aromatic heterocycles. The topological polar surface area (TPSA) is 97.6 Å². The number of ether oxygens (including phenoxy) is 1. The van der Waals surface area contributed by atoms with Crippen molar-refractivity contribution in [3.8, 4) is 0 Å². The molecule has 0 saturated carbocycles. The SMILES string of the molecule is Cc1cc(C(F)(F)F)nn1CC(=O)N1CCN(c2nc(C(=O)OCc3c(F)cccc3Cl)cs2)C(S(C)=O)C1. The number of esters is 1.